The molecule has 1 aliphatic carbocycles. The van der Waals surface area contributed by atoms with Crippen LogP contribution in [0, 0.1) is 5.82 Å². The van der Waals surface area contributed by atoms with Gasteiger partial charge in [-0.2, -0.15) is 0 Å². The van der Waals surface area contributed by atoms with E-state index in [2.05, 4.69) is 10.3 Å². The first-order valence-corrected chi connectivity index (χ1v) is 5.67. The van der Waals surface area contributed by atoms with Gasteiger partial charge in [0.2, 0.25) is 0 Å². The summed E-state index contributed by atoms with van der Waals surface area (Å²) in [6, 6.07) is 1.49. The van der Waals surface area contributed by atoms with Crippen LogP contribution in [0.4, 0.5) is 10.2 Å². The molecule has 0 spiro atoms. The van der Waals surface area contributed by atoms with Gasteiger partial charge >= 0.3 is 0 Å². The second-order valence-corrected chi connectivity index (χ2v) is 4.43. The van der Waals surface area contributed by atoms with Gasteiger partial charge in [0.15, 0.2) is 11.6 Å². The lowest BCUT2D eigenvalue weighted by Gasteiger charge is -2.13. The van der Waals surface area contributed by atoms with Crippen molar-refractivity contribution in [2.75, 3.05) is 12.4 Å². The fourth-order valence-corrected chi connectivity index (χ4v) is 2.14. The van der Waals surface area contributed by atoms with E-state index >= 15 is 0 Å². The first kappa shape index (κ1) is 11.6. The molecule has 0 radical (unpaired) electrons. The average Bonchev–Trinajstić information content (AvgIpc) is 2.70. The second-order valence-electron chi connectivity index (χ2n) is 4.00. The highest BCUT2D eigenvalue weighted by atomic mass is 35.5. The molecule has 16 heavy (non-hydrogen) atoms. The Morgan fingerprint density at radius 1 is 1.56 bits per heavy atom. The molecule has 1 aromatic heterocycles. The molecule has 2 rings (SSSR count). The predicted octanol–water partition coefficient (Wildman–Crippen LogP) is 2.85. The highest BCUT2D eigenvalue weighted by molar-refractivity contribution is 6.30. The Bertz CT molecular complexity index is 375. The summed E-state index contributed by atoms with van der Waals surface area (Å²) in [5, 5.41) is 3.39. The summed E-state index contributed by atoms with van der Waals surface area (Å²) < 4.78 is 18.7. The highest BCUT2D eigenvalue weighted by Gasteiger charge is 2.25. The molecule has 0 amide bonds. The summed E-state index contributed by atoms with van der Waals surface area (Å²) in [7, 11) is 1.70. The number of hydrogen-bond donors (Lipinski definition) is 1. The smallest absolute Gasteiger partial charge is 0.166 e. The number of hydrogen-bond acceptors (Lipinski definition) is 3. The van der Waals surface area contributed by atoms with Crippen LogP contribution in [-0.4, -0.2) is 24.2 Å². The zero-order chi connectivity index (χ0) is 11.5. The molecule has 3 nitrogen and oxygen atoms in total. The molecule has 1 aromatic rings. The van der Waals surface area contributed by atoms with Crippen molar-refractivity contribution < 1.29 is 9.13 Å². The monoisotopic (exact) mass is 244 g/mol. The number of rotatable bonds is 3. The van der Waals surface area contributed by atoms with Crippen molar-refractivity contribution >= 4 is 17.4 Å². The van der Waals surface area contributed by atoms with Gasteiger partial charge in [0.1, 0.15) is 0 Å². The Hall–Kier alpha value is -0.870. The average molecular weight is 245 g/mol. The van der Waals surface area contributed by atoms with Gasteiger partial charge in [-0.3, -0.25) is 0 Å². The molecule has 0 saturated heterocycles. The van der Waals surface area contributed by atoms with Crippen molar-refractivity contribution in [3.05, 3.63) is 23.1 Å². The normalized spacial score (nSPS) is 24.7. The van der Waals surface area contributed by atoms with Gasteiger partial charge in [0.25, 0.3) is 0 Å². The summed E-state index contributed by atoms with van der Waals surface area (Å²) in [4.78, 5) is 3.93. The number of pyridine rings is 1. The molecule has 0 bridgehead atoms. The summed E-state index contributed by atoms with van der Waals surface area (Å²) in [6.07, 6.45) is 4.58. The summed E-state index contributed by atoms with van der Waals surface area (Å²) in [6.45, 7) is 0. The third-order valence-corrected chi connectivity index (χ3v) is 3.07. The van der Waals surface area contributed by atoms with Crippen LogP contribution in [0.15, 0.2) is 12.3 Å². The van der Waals surface area contributed by atoms with E-state index in [-0.39, 0.29) is 18.0 Å². The second kappa shape index (κ2) is 4.97. The Balaban J connectivity index is 1.99. The van der Waals surface area contributed by atoms with Gasteiger partial charge in [-0.15, -0.1) is 0 Å². The lowest BCUT2D eigenvalue weighted by atomic mass is 10.2. The van der Waals surface area contributed by atoms with Gasteiger partial charge in [-0.1, -0.05) is 11.6 Å². The minimum atomic E-state index is -0.409. The third-order valence-electron chi connectivity index (χ3n) is 2.87. The van der Waals surface area contributed by atoms with Crippen LogP contribution in [0.2, 0.25) is 5.02 Å². The maximum Gasteiger partial charge on any atom is 0.166 e. The van der Waals surface area contributed by atoms with E-state index in [9.17, 15) is 4.39 Å². The lowest BCUT2D eigenvalue weighted by molar-refractivity contribution is 0.108. The van der Waals surface area contributed by atoms with Crippen LogP contribution in [0.1, 0.15) is 19.3 Å². The van der Waals surface area contributed by atoms with E-state index in [4.69, 9.17) is 16.3 Å². The molecule has 1 heterocycles. The lowest BCUT2D eigenvalue weighted by Crippen LogP contribution is -2.18. The summed E-state index contributed by atoms with van der Waals surface area (Å²) in [5.74, 6) is -0.139. The maximum absolute atomic E-state index is 13.4. The third kappa shape index (κ3) is 2.62. The predicted molar refractivity (Wildman–Crippen MR) is 61.3 cm³/mol. The number of halogens is 2. The number of nitrogens with one attached hydrogen (secondary N) is 1. The summed E-state index contributed by atoms with van der Waals surface area (Å²) in [5.41, 5.74) is 0. The van der Waals surface area contributed by atoms with E-state index in [0.717, 1.165) is 19.3 Å². The molecule has 0 aliphatic heterocycles. The van der Waals surface area contributed by atoms with Crippen LogP contribution in [0.25, 0.3) is 0 Å². The Kier molecular flexibility index (Phi) is 3.61. The number of aromatic nitrogens is 1. The first-order valence-electron chi connectivity index (χ1n) is 5.29. The van der Waals surface area contributed by atoms with E-state index < -0.39 is 5.82 Å². The molecule has 2 atom stereocenters. The number of ether oxygens (including phenoxy) is 1. The van der Waals surface area contributed by atoms with Crippen LogP contribution >= 0.6 is 11.6 Å². The number of methoxy groups -OCH3 is 1. The van der Waals surface area contributed by atoms with E-state index in [1.807, 2.05) is 0 Å². The van der Waals surface area contributed by atoms with Crippen molar-refractivity contribution in [3.63, 3.8) is 0 Å². The fraction of sp³-hybridized carbons (Fsp3) is 0.545. The van der Waals surface area contributed by atoms with Gasteiger partial charge in [-0.05, 0) is 25.3 Å². The van der Waals surface area contributed by atoms with Crippen LogP contribution in [0.5, 0.6) is 0 Å². The van der Waals surface area contributed by atoms with Crippen LogP contribution < -0.4 is 5.32 Å². The molecule has 2 unspecified atom stereocenters. The molecule has 1 aliphatic rings. The van der Waals surface area contributed by atoms with Gasteiger partial charge in [0.05, 0.1) is 11.1 Å². The minimum Gasteiger partial charge on any atom is -0.381 e. The molecule has 5 heteroatoms. The molecule has 88 valence electrons. The number of anilines is 1. The molecule has 1 saturated carbocycles. The molecule has 0 aromatic carbocycles. The van der Waals surface area contributed by atoms with E-state index in [1.54, 1.807) is 7.11 Å². The van der Waals surface area contributed by atoms with Gasteiger partial charge < -0.3 is 10.1 Å². The molecular formula is C11H14ClFN2O. The minimum absolute atomic E-state index is 0.230. The topological polar surface area (TPSA) is 34.1 Å². The van der Waals surface area contributed by atoms with Crippen LogP contribution in [-0.2, 0) is 4.74 Å². The standard InChI is InChI=1S/C11H14ClFN2O/c1-16-9-3-2-8(5-9)15-11-10(13)4-7(12)6-14-11/h4,6,8-9H,2-3,5H2,1H3,(H,14,15). The molecule has 1 N–H and O–H groups in total. The van der Waals surface area contributed by atoms with Gasteiger partial charge in [0, 0.05) is 19.3 Å². The zero-order valence-electron chi connectivity index (χ0n) is 9.04. The van der Waals surface area contributed by atoms with E-state index in [0.29, 0.717) is 5.02 Å². The fourth-order valence-electron chi connectivity index (χ4n) is 2.00. The van der Waals surface area contributed by atoms with Crippen molar-refractivity contribution in [2.24, 2.45) is 0 Å². The Morgan fingerprint density at radius 2 is 2.38 bits per heavy atom. The van der Waals surface area contributed by atoms with Gasteiger partial charge in [-0.25, -0.2) is 9.37 Å². The largest absolute Gasteiger partial charge is 0.381 e. The molecular weight excluding hydrogens is 231 g/mol. The van der Waals surface area contributed by atoms with E-state index in [1.165, 1.54) is 12.3 Å². The van der Waals surface area contributed by atoms with Crippen molar-refractivity contribution in [3.8, 4) is 0 Å². The van der Waals surface area contributed by atoms with Crippen molar-refractivity contribution in [1.29, 1.82) is 0 Å². The Labute approximate surface area is 99.0 Å². The van der Waals surface area contributed by atoms with Crippen molar-refractivity contribution in [2.45, 2.75) is 31.4 Å². The Morgan fingerprint density at radius 3 is 3.00 bits per heavy atom. The molecule has 1 fully saturated rings. The van der Waals surface area contributed by atoms with Crippen molar-refractivity contribution in [1.82, 2.24) is 4.98 Å². The number of nitrogens with zero attached hydrogens (tertiary/aromatic N) is 1. The quantitative estimate of drug-likeness (QED) is 0.888. The SMILES string of the molecule is COC1CCC(Nc2ncc(Cl)cc2F)C1. The zero-order valence-corrected chi connectivity index (χ0v) is 9.80. The maximum atomic E-state index is 13.4. The highest BCUT2D eigenvalue weighted by Crippen LogP contribution is 2.25. The summed E-state index contributed by atoms with van der Waals surface area (Å²) >= 11 is 5.63. The van der Waals surface area contributed by atoms with Crippen LogP contribution in [0.3, 0.4) is 0 Å². The first-order chi connectivity index (χ1) is 7.69.